The molecule has 0 aliphatic carbocycles. The second-order valence-electron chi connectivity index (χ2n) is 5.16. The summed E-state index contributed by atoms with van der Waals surface area (Å²) in [6, 6.07) is 7.80. The van der Waals surface area contributed by atoms with Crippen LogP contribution in [0.1, 0.15) is 24.5 Å². The predicted molar refractivity (Wildman–Crippen MR) is 75.3 cm³/mol. The lowest BCUT2D eigenvalue weighted by molar-refractivity contribution is -0.310. The average molecular weight is 304 g/mol. The van der Waals surface area contributed by atoms with Crippen molar-refractivity contribution in [3.05, 3.63) is 35.4 Å². The van der Waals surface area contributed by atoms with Gasteiger partial charge in [0.25, 0.3) is 0 Å². The largest absolute Gasteiger partial charge is 0.549 e. The number of amides is 1. The van der Waals surface area contributed by atoms with Crippen molar-refractivity contribution in [1.82, 2.24) is 4.90 Å². The topological polar surface area (TPSA) is 86.7 Å². The van der Waals surface area contributed by atoms with Crippen LogP contribution in [-0.2, 0) is 32.1 Å². The van der Waals surface area contributed by atoms with Gasteiger partial charge >= 0.3 is 5.97 Å². The number of rotatable bonds is 5. The maximum absolute atomic E-state index is 12.3. The number of benzene rings is 1. The van der Waals surface area contributed by atoms with E-state index in [0.29, 0.717) is 13.1 Å². The van der Waals surface area contributed by atoms with Crippen molar-refractivity contribution in [3.63, 3.8) is 0 Å². The first-order valence-electron chi connectivity index (χ1n) is 7.25. The van der Waals surface area contributed by atoms with Gasteiger partial charge in [-0.2, -0.15) is 0 Å². The monoisotopic (exact) mass is 304 g/mol. The quantitative estimate of drug-likeness (QED) is 0.559. The zero-order chi connectivity index (χ0) is 16.1. The molecule has 0 bridgehead atoms. The summed E-state index contributed by atoms with van der Waals surface area (Å²) in [5, 5.41) is 11.0. The summed E-state index contributed by atoms with van der Waals surface area (Å²) in [4.78, 5) is 36.5. The lowest BCUT2D eigenvalue weighted by atomic mass is 9.98. The molecular formula is C16H18NO5-. The summed E-state index contributed by atoms with van der Waals surface area (Å²) in [5.41, 5.74) is 2.23. The summed E-state index contributed by atoms with van der Waals surface area (Å²) >= 11 is 0. The zero-order valence-corrected chi connectivity index (χ0v) is 12.4. The molecule has 0 aromatic heterocycles. The highest BCUT2D eigenvalue weighted by molar-refractivity contribution is 5.97. The molecule has 1 heterocycles. The minimum atomic E-state index is -1.58. The molecule has 1 aromatic carbocycles. The number of aliphatic carboxylic acids is 1. The number of carboxylic acids is 1. The van der Waals surface area contributed by atoms with Crippen molar-refractivity contribution >= 4 is 17.8 Å². The van der Waals surface area contributed by atoms with Crippen molar-refractivity contribution in [3.8, 4) is 0 Å². The third-order valence-electron chi connectivity index (χ3n) is 3.72. The van der Waals surface area contributed by atoms with E-state index >= 15 is 0 Å². The summed E-state index contributed by atoms with van der Waals surface area (Å²) in [7, 11) is 0. The standard InChI is InChI=1S/C16H19NO5/c1-2-22-16(21)13(15(19)20)9-14(18)17-8-7-11-5-3-4-6-12(11)10-17/h3-6,13H,2,7-10H2,1H3,(H,19,20)/p-1. The summed E-state index contributed by atoms with van der Waals surface area (Å²) in [6.07, 6.45) is 0.292. The average Bonchev–Trinajstić information content (AvgIpc) is 2.51. The van der Waals surface area contributed by atoms with E-state index in [0.717, 1.165) is 12.0 Å². The van der Waals surface area contributed by atoms with E-state index in [1.807, 2.05) is 24.3 Å². The van der Waals surface area contributed by atoms with Gasteiger partial charge in [-0.25, -0.2) is 0 Å². The number of carbonyl (C=O) groups excluding carboxylic acids is 3. The number of carboxylic acid groups (broad SMARTS) is 1. The van der Waals surface area contributed by atoms with Crippen LogP contribution in [0, 0.1) is 5.92 Å². The van der Waals surface area contributed by atoms with Crippen LogP contribution in [0.2, 0.25) is 0 Å². The van der Waals surface area contributed by atoms with Crippen LogP contribution >= 0.6 is 0 Å². The Bertz CT molecular complexity index is 584. The fraction of sp³-hybridized carbons (Fsp3) is 0.438. The SMILES string of the molecule is CCOC(=O)C(CC(=O)N1CCc2ccccc2C1)C(=O)[O-]. The first kappa shape index (κ1) is 16.0. The molecule has 1 aliphatic rings. The molecule has 0 spiro atoms. The number of hydrogen-bond donors (Lipinski definition) is 0. The predicted octanol–water partition coefficient (Wildman–Crippen LogP) is -0.109. The molecular weight excluding hydrogens is 286 g/mol. The van der Waals surface area contributed by atoms with Gasteiger partial charge in [0.05, 0.1) is 12.6 Å². The number of ether oxygens (including phenoxy) is 1. The van der Waals surface area contributed by atoms with Gasteiger partial charge in [0.2, 0.25) is 5.91 Å². The van der Waals surface area contributed by atoms with Crippen molar-refractivity contribution in [2.45, 2.75) is 26.3 Å². The van der Waals surface area contributed by atoms with Crippen LogP contribution in [0.15, 0.2) is 24.3 Å². The second-order valence-corrected chi connectivity index (χ2v) is 5.16. The molecule has 2 rings (SSSR count). The van der Waals surface area contributed by atoms with Gasteiger partial charge in [0.1, 0.15) is 5.92 Å². The van der Waals surface area contributed by atoms with Crippen LogP contribution in [0.4, 0.5) is 0 Å². The molecule has 0 saturated heterocycles. The molecule has 1 atom stereocenters. The van der Waals surface area contributed by atoms with Gasteiger partial charge in [0.15, 0.2) is 0 Å². The minimum absolute atomic E-state index is 0.0634. The molecule has 0 fully saturated rings. The zero-order valence-electron chi connectivity index (χ0n) is 12.4. The summed E-state index contributed by atoms with van der Waals surface area (Å²) in [5.74, 6) is -4.43. The van der Waals surface area contributed by atoms with Crippen LogP contribution in [-0.4, -0.2) is 35.9 Å². The Balaban J connectivity index is 2.02. The molecule has 0 saturated carbocycles. The van der Waals surface area contributed by atoms with Gasteiger partial charge < -0.3 is 19.5 Å². The van der Waals surface area contributed by atoms with Crippen molar-refractivity contribution in [2.24, 2.45) is 5.92 Å². The molecule has 118 valence electrons. The van der Waals surface area contributed by atoms with Crippen molar-refractivity contribution in [1.29, 1.82) is 0 Å². The highest BCUT2D eigenvalue weighted by atomic mass is 16.5. The van der Waals surface area contributed by atoms with Crippen LogP contribution in [0.5, 0.6) is 0 Å². The first-order chi connectivity index (χ1) is 10.5. The van der Waals surface area contributed by atoms with Gasteiger partial charge in [-0.05, 0) is 24.5 Å². The van der Waals surface area contributed by atoms with Crippen molar-refractivity contribution in [2.75, 3.05) is 13.2 Å². The highest BCUT2D eigenvalue weighted by Gasteiger charge is 2.28. The molecule has 6 nitrogen and oxygen atoms in total. The molecule has 0 N–H and O–H groups in total. The van der Waals surface area contributed by atoms with E-state index in [2.05, 4.69) is 4.74 Å². The van der Waals surface area contributed by atoms with E-state index in [4.69, 9.17) is 0 Å². The normalized spacial score (nSPS) is 14.9. The van der Waals surface area contributed by atoms with Crippen LogP contribution < -0.4 is 5.11 Å². The third-order valence-corrected chi connectivity index (χ3v) is 3.72. The number of esters is 1. The van der Waals surface area contributed by atoms with Crippen LogP contribution in [0.25, 0.3) is 0 Å². The van der Waals surface area contributed by atoms with E-state index in [-0.39, 0.29) is 12.5 Å². The van der Waals surface area contributed by atoms with Gasteiger partial charge in [0, 0.05) is 19.5 Å². The molecule has 0 radical (unpaired) electrons. The van der Waals surface area contributed by atoms with Gasteiger partial charge in [-0.15, -0.1) is 0 Å². The number of hydrogen-bond acceptors (Lipinski definition) is 5. The van der Waals surface area contributed by atoms with E-state index in [1.165, 1.54) is 5.56 Å². The molecule has 1 aromatic rings. The van der Waals surface area contributed by atoms with Crippen molar-refractivity contribution < 1.29 is 24.2 Å². The number of nitrogens with zero attached hydrogens (tertiary/aromatic N) is 1. The minimum Gasteiger partial charge on any atom is -0.549 e. The smallest absolute Gasteiger partial charge is 0.315 e. The Kier molecular flexibility index (Phi) is 5.14. The number of carbonyl (C=O) groups is 3. The highest BCUT2D eigenvalue weighted by Crippen LogP contribution is 2.20. The molecule has 22 heavy (non-hydrogen) atoms. The van der Waals surface area contributed by atoms with E-state index in [9.17, 15) is 19.5 Å². The van der Waals surface area contributed by atoms with Gasteiger partial charge in [-0.1, -0.05) is 24.3 Å². The molecule has 6 heteroatoms. The van der Waals surface area contributed by atoms with E-state index in [1.54, 1.807) is 11.8 Å². The molecule has 1 aliphatic heterocycles. The molecule has 1 amide bonds. The Morgan fingerprint density at radius 3 is 2.59 bits per heavy atom. The maximum Gasteiger partial charge on any atom is 0.315 e. The Hall–Kier alpha value is -2.37. The fourth-order valence-corrected chi connectivity index (χ4v) is 2.52. The first-order valence-corrected chi connectivity index (χ1v) is 7.25. The lowest BCUT2D eigenvalue weighted by Crippen LogP contribution is -2.43. The van der Waals surface area contributed by atoms with Crippen LogP contribution in [0.3, 0.4) is 0 Å². The summed E-state index contributed by atoms with van der Waals surface area (Å²) < 4.78 is 4.68. The Labute approximate surface area is 128 Å². The van der Waals surface area contributed by atoms with Gasteiger partial charge in [-0.3, -0.25) is 9.59 Å². The fourth-order valence-electron chi connectivity index (χ4n) is 2.52. The molecule has 1 unspecified atom stereocenters. The van der Waals surface area contributed by atoms with E-state index < -0.39 is 24.3 Å². The lowest BCUT2D eigenvalue weighted by Gasteiger charge is -2.30. The second kappa shape index (κ2) is 7.06. The Morgan fingerprint density at radius 2 is 1.95 bits per heavy atom. The Morgan fingerprint density at radius 1 is 1.27 bits per heavy atom. The third kappa shape index (κ3) is 3.63. The summed E-state index contributed by atoms with van der Waals surface area (Å²) in [6.45, 7) is 2.58. The number of fused-ring (bicyclic) bond motifs is 1. The maximum atomic E-state index is 12.3.